The van der Waals surface area contributed by atoms with Crippen LogP contribution in [0.15, 0.2) is 77.7 Å². The highest BCUT2D eigenvalue weighted by Crippen LogP contribution is 2.29. The fourth-order valence-corrected chi connectivity index (χ4v) is 4.57. The molecule has 0 saturated heterocycles. The van der Waals surface area contributed by atoms with Gasteiger partial charge in [0.25, 0.3) is 0 Å². The standard InChI is InChI=1S/C25H27N3O3S/c1-3-21(25(29)28-16-17-7-6-8-20(15-17)24(26)27)18-11-13-19(14-12-18)22-9-4-5-10-23(22)32(2,30)31/h4-15,21H,3,16H2,1-2H3,(H3,26,27)(H,28,29). The molecule has 4 N–H and O–H groups in total. The first-order valence-corrected chi connectivity index (χ1v) is 12.2. The summed E-state index contributed by atoms with van der Waals surface area (Å²) in [5.41, 5.74) is 9.31. The average Bonchev–Trinajstić information content (AvgIpc) is 2.78. The third-order valence-electron chi connectivity index (χ3n) is 5.34. The lowest BCUT2D eigenvalue weighted by Gasteiger charge is -2.17. The number of benzene rings is 3. The summed E-state index contributed by atoms with van der Waals surface area (Å²) < 4.78 is 24.2. The topological polar surface area (TPSA) is 113 Å². The molecule has 1 amide bonds. The first kappa shape index (κ1) is 23.2. The van der Waals surface area contributed by atoms with Crippen molar-refractivity contribution in [3.63, 3.8) is 0 Å². The lowest BCUT2D eigenvalue weighted by Crippen LogP contribution is -2.28. The van der Waals surface area contributed by atoms with E-state index in [9.17, 15) is 13.2 Å². The van der Waals surface area contributed by atoms with Gasteiger partial charge >= 0.3 is 0 Å². The Morgan fingerprint density at radius 1 is 1.03 bits per heavy atom. The molecule has 0 aliphatic rings. The quantitative estimate of drug-likeness (QED) is 0.358. The number of amidine groups is 1. The summed E-state index contributed by atoms with van der Waals surface area (Å²) in [4.78, 5) is 13.1. The van der Waals surface area contributed by atoms with Crippen molar-refractivity contribution in [2.24, 2.45) is 5.73 Å². The summed E-state index contributed by atoms with van der Waals surface area (Å²) >= 11 is 0. The molecular weight excluding hydrogens is 422 g/mol. The maximum atomic E-state index is 12.8. The van der Waals surface area contributed by atoms with Gasteiger partial charge in [0.1, 0.15) is 5.84 Å². The Hall–Kier alpha value is -3.45. The van der Waals surface area contributed by atoms with Crippen molar-refractivity contribution in [1.82, 2.24) is 5.32 Å². The molecule has 0 aromatic heterocycles. The van der Waals surface area contributed by atoms with Crippen molar-refractivity contribution in [1.29, 1.82) is 5.41 Å². The number of carbonyl (C=O) groups is 1. The summed E-state index contributed by atoms with van der Waals surface area (Å²) in [7, 11) is -3.35. The van der Waals surface area contributed by atoms with Gasteiger partial charge in [-0.05, 0) is 35.2 Å². The van der Waals surface area contributed by atoms with E-state index in [-0.39, 0.29) is 22.6 Å². The van der Waals surface area contributed by atoms with Crippen LogP contribution in [0, 0.1) is 5.41 Å². The van der Waals surface area contributed by atoms with E-state index in [2.05, 4.69) is 5.32 Å². The van der Waals surface area contributed by atoms with E-state index in [1.807, 2.05) is 43.3 Å². The highest BCUT2D eigenvalue weighted by atomic mass is 32.2. The maximum absolute atomic E-state index is 12.8. The molecule has 0 aliphatic heterocycles. The summed E-state index contributed by atoms with van der Waals surface area (Å²) in [5.74, 6) is -0.433. The lowest BCUT2D eigenvalue weighted by atomic mass is 9.93. The van der Waals surface area contributed by atoms with Crippen LogP contribution >= 0.6 is 0 Å². The molecule has 0 fully saturated rings. The van der Waals surface area contributed by atoms with Gasteiger partial charge < -0.3 is 11.1 Å². The van der Waals surface area contributed by atoms with Gasteiger partial charge in [0.2, 0.25) is 5.91 Å². The number of hydrogen-bond donors (Lipinski definition) is 3. The van der Waals surface area contributed by atoms with Crippen LogP contribution in [0.1, 0.15) is 36.0 Å². The van der Waals surface area contributed by atoms with Crippen molar-refractivity contribution in [2.75, 3.05) is 6.26 Å². The molecule has 0 spiro atoms. The molecule has 6 nitrogen and oxygen atoms in total. The molecule has 166 valence electrons. The predicted molar refractivity (Wildman–Crippen MR) is 127 cm³/mol. The van der Waals surface area contributed by atoms with Crippen LogP contribution in [0.3, 0.4) is 0 Å². The Labute approximate surface area is 188 Å². The van der Waals surface area contributed by atoms with E-state index in [4.69, 9.17) is 11.1 Å². The monoisotopic (exact) mass is 449 g/mol. The highest BCUT2D eigenvalue weighted by Gasteiger charge is 2.19. The molecule has 0 radical (unpaired) electrons. The van der Waals surface area contributed by atoms with Crippen LogP contribution in [0.5, 0.6) is 0 Å². The van der Waals surface area contributed by atoms with Crippen molar-refractivity contribution in [3.8, 4) is 11.1 Å². The zero-order valence-corrected chi connectivity index (χ0v) is 18.9. The fraction of sp³-hybridized carbons (Fsp3) is 0.200. The molecule has 0 heterocycles. The molecule has 0 saturated carbocycles. The van der Waals surface area contributed by atoms with Crippen LogP contribution in [0.4, 0.5) is 0 Å². The first-order chi connectivity index (χ1) is 15.2. The highest BCUT2D eigenvalue weighted by molar-refractivity contribution is 7.90. The number of nitrogens with two attached hydrogens (primary N) is 1. The van der Waals surface area contributed by atoms with Crippen molar-refractivity contribution in [3.05, 3.63) is 89.5 Å². The second-order valence-electron chi connectivity index (χ2n) is 7.68. The van der Waals surface area contributed by atoms with Crippen molar-refractivity contribution < 1.29 is 13.2 Å². The fourth-order valence-electron chi connectivity index (χ4n) is 3.66. The number of nitrogen functional groups attached to an aromatic ring is 1. The molecule has 0 bridgehead atoms. The zero-order valence-electron chi connectivity index (χ0n) is 18.1. The van der Waals surface area contributed by atoms with Gasteiger partial charge in [-0.3, -0.25) is 10.2 Å². The number of carbonyl (C=O) groups excluding carboxylic acids is 1. The molecule has 3 aromatic rings. The molecule has 3 rings (SSSR count). The zero-order chi connectivity index (χ0) is 23.3. The Balaban J connectivity index is 1.76. The van der Waals surface area contributed by atoms with E-state index in [0.29, 0.717) is 24.1 Å². The molecule has 1 atom stereocenters. The minimum absolute atomic E-state index is 0.0119. The molecule has 32 heavy (non-hydrogen) atoms. The Bertz CT molecular complexity index is 1240. The van der Waals surface area contributed by atoms with Crippen LogP contribution < -0.4 is 11.1 Å². The smallest absolute Gasteiger partial charge is 0.227 e. The minimum Gasteiger partial charge on any atom is -0.384 e. The maximum Gasteiger partial charge on any atom is 0.227 e. The van der Waals surface area contributed by atoms with Gasteiger partial charge in [0.05, 0.1) is 10.8 Å². The number of nitrogens with one attached hydrogen (secondary N) is 2. The molecule has 7 heteroatoms. The SMILES string of the molecule is CCC(C(=O)NCc1cccc(C(=N)N)c1)c1ccc(-c2ccccc2S(C)(=O)=O)cc1. The average molecular weight is 450 g/mol. The van der Waals surface area contributed by atoms with E-state index in [1.165, 1.54) is 6.26 Å². The second-order valence-corrected chi connectivity index (χ2v) is 9.67. The largest absolute Gasteiger partial charge is 0.384 e. The summed E-state index contributed by atoms with van der Waals surface area (Å²) in [5, 5.41) is 10.5. The van der Waals surface area contributed by atoms with E-state index in [0.717, 1.165) is 16.7 Å². The van der Waals surface area contributed by atoms with Gasteiger partial charge in [-0.15, -0.1) is 0 Å². The predicted octanol–water partition coefficient (Wildman–Crippen LogP) is 3.85. The lowest BCUT2D eigenvalue weighted by molar-refractivity contribution is -0.122. The van der Waals surface area contributed by atoms with Crippen LogP contribution in [0.2, 0.25) is 0 Å². The van der Waals surface area contributed by atoms with Gasteiger partial charge in [0.15, 0.2) is 9.84 Å². The van der Waals surface area contributed by atoms with Gasteiger partial charge in [-0.1, -0.05) is 67.6 Å². The van der Waals surface area contributed by atoms with Gasteiger partial charge in [0, 0.05) is 23.9 Å². The Kier molecular flexibility index (Phi) is 7.10. The van der Waals surface area contributed by atoms with Crippen molar-refractivity contribution >= 4 is 21.6 Å². The third-order valence-corrected chi connectivity index (χ3v) is 6.49. The molecule has 0 aliphatic carbocycles. The van der Waals surface area contributed by atoms with Crippen molar-refractivity contribution in [2.45, 2.75) is 30.7 Å². The summed E-state index contributed by atoms with van der Waals surface area (Å²) in [6.07, 6.45) is 1.82. The number of hydrogen-bond acceptors (Lipinski definition) is 4. The Morgan fingerprint density at radius 2 is 1.72 bits per heavy atom. The number of rotatable bonds is 8. The molecule has 1 unspecified atom stereocenters. The van der Waals surface area contributed by atoms with E-state index >= 15 is 0 Å². The second kappa shape index (κ2) is 9.78. The van der Waals surface area contributed by atoms with E-state index in [1.54, 1.807) is 36.4 Å². The normalized spacial score (nSPS) is 12.2. The van der Waals surface area contributed by atoms with Crippen LogP contribution in [-0.2, 0) is 21.2 Å². The van der Waals surface area contributed by atoms with Crippen LogP contribution in [-0.4, -0.2) is 26.4 Å². The summed E-state index contributed by atoms with van der Waals surface area (Å²) in [6.45, 7) is 2.30. The first-order valence-electron chi connectivity index (χ1n) is 10.3. The molecule has 3 aromatic carbocycles. The molecular formula is C25H27N3O3S. The minimum atomic E-state index is -3.35. The summed E-state index contributed by atoms with van der Waals surface area (Å²) in [6, 6.07) is 21.6. The van der Waals surface area contributed by atoms with Crippen LogP contribution in [0.25, 0.3) is 11.1 Å². The van der Waals surface area contributed by atoms with Gasteiger partial charge in [-0.2, -0.15) is 0 Å². The number of amides is 1. The van der Waals surface area contributed by atoms with Gasteiger partial charge in [-0.25, -0.2) is 8.42 Å². The number of sulfone groups is 1. The van der Waals surface area contributed by atoms with E-state index < -0.39 is 9.84 Å². The Morgan fingerprint density at radius 3 is 2.34 bits per heavy atom. The third kappa shape index (κ3) is 5.42.